The van der Waals surface area contributed by atoms with Gasteiger partial charge < -0.3 is 29.5 Å². The number of aromatic amines is 3. The maximum atomic E-state index is 12.0. The predicted molar refractivity (Wildman–Crippen MR) is 171 cm³/mol. The molecule has 8 nitrogen and oxygen atoms in total. The van der Waals surface area contributed by atoms with Crippen molar-refractivity contribution < 1.29 is 9.59 Å². The molecule has 1 saturated heterocycles. The molecule has 0 saturated carbocycles. The number of fused-ring (bicyclic) bond motifs is 2. The number of aromatic nitrogens is 3. The minimum absolute atomic E-state index is 0.0234. The SMILES string of the molecule is CC(CC=O)Cc1cc(Cl)c2[nH]ccc2c1CN(C=O)CC(C)(C)C.CN1CCC(c2cc3[nH]ccc3[nH]c2=O)CC1. The molecule has 1 unspecified atom stereocenters. The fourth-order valence-corrected chi connectivity index (χ4v) is 6.18. The minimum Gasteiger partial charge on any atom is -0.360 e. The number of H-pyrrole nitrogens is 3. The Balaban J connectivity index is 0.000000206. The molecule has 1 aliphatic heterocycles. The lowest BCUT2D eigenvalue weighted by molar-refractivity contribution is -0.119. The molecule has 4 heterocycles. The molecule has 3 aromatic heterocycles. The van der Waals surface area contributed by atoms with Gasteiger partial charge in [-0.1, -0.05) is 39.3 Å². The van der Waals surface area contributed by atoms with Gasteiger partial charge in [-0.25, -0.2) is 0 Å². The summed E-state index contributed by atoms with van der Waals surface area (Å²) < 4.78 is 0. The Kier molecular flexibility index (Phi) is 10.3. The molecule has 0 radical (unpaired) electrons. The highest BCUT2D eigenvalue weighted by atomic mass is 35.5. The van der Waals surface area contributed by atoms with Crippen LogP contribution in [0.25, 0.3) is 21.9 Å². The van der Waals surface area contributed by atoms with Gasteiger partial charge in [0.05, 0.1) is 21.6 Å². The first-order chi connectivity index (χ1) is 20.0. The summed E-state index contributed by atoms with van der Waals surface area (Å²) in [5.74, 6) is 0.638. The zero-order chi connectivity index (χ0) is 30.4. The standard InChI is InChI=1S/C20H27ClN2O2.C13H17N3O/c1-14(6-8-24)9-15-10-18(21)19-16(5-7-22-19)17(15)11-23(13-25)12-20(2,3)4;1-16-6-3-9(4-7-16)10-8-12-11(2-5-14-12)15-13(10)17/h5,7-8,10,13-14,22H,6,9,11-12H2,1-4H3;2,5,8-9,14H,3-4,6-7H2,1H3,(H,15,17). The molecule has 1 amide bonds. The highest BCUT2D eigenvalue weighted by Gasteiger charge is 2.22. The second kappa shape index (κ2) is 13.7. The first-order valence-electron chi connectivity index (χ1n) is 14.8. The van der Waals surface area contributed by atoms with Crippen LogP contribution in [0.3, 0.4) is 0 Å². The molecule has 3 N–H and O–H groups in total. The number of piperidine rings is 1. The Hall–Kier alpha value is -3.36. The van der Waals surface area contributed by atoms with Crippen LogP contribution >= 0.6 is 11.6 Å². The van der Waals surface area contributed by atoms with Gasteiger partial charge in [-0.3, -0.25) is 9.59 Å². The number of hydrogen-bond acceptors (Lipinski definition) is 4. The lowest BCUT2D eigenvalue weighted by Crippen LogP contribution is -2.31. The van der Waals surface area contributed by atoms with Crippen molar-refractivity contribution in [3.63, 3.8) is 0 Å². The van der Waals surface area contributed by atoms with Crippen LogP contribution in [0.4, 0.5) is 0 Å². The number of likely N-dealkylation sites (tertiary alicyclic amines) is 1. The van der Waals surface area contributed by atoms with Crippen LogP contribution < -0.4 is 5.56 Å². The maximum absolute atomic E-state index is 12.0. The van der Waals surface area contributed by atoms with Crippen molar-refractivity contribution in [2.75, 3.05) is 26.7 Å². The van der Waals surface area contributed by atoms with Crippen molar-refractivity contribution in [1.29, 1.82) is 0 Å². The molecule has 0 bridgehead atoms. The average molecular weight is 594 g/mol. The van der Waals surface area contributed by atoms with Crippen LogP contribution in [0.1, 0.15) is 69.6 Å². The van der Waals surface area contributed by atoms with E-state index in [2.05, 4.69) is 54.6 Å². The lowest BCUT2D eigenvalue weighted by atomic mass is 9.90. The first kappa shape index (κ1) is 31.6. The molecule has 0 aliphatic carbocycles. The number of pyridine rings is 1. The molecule has 42 heavy (non-hydrogen) atoms. The molecule has 226 valence electrons. The molecule has 0 spiro atoms. The largest absolute Gasteiger partial charge is 0.360 e. The van der Waals surface area contributed by atoms with E-state index in [0.717, 1.165) is 83.7 Å². The Bertz CT molecular complexity index is 1560. The number of nitrogens with zero attached hydrogens (tertiary/aromatic N) is 2. The number of hydrogen-bond donors (Lipinski definition) is 3. The van der Waals surface area contributed by atoms with Crippen LogP contribution in [0.2, 0.25) is 5.02 Å². The van der Waals surface area contributed by atoms with Gasteiger partial charge in [0.2, 0.25) is 6.41 Å². The molecule has 9 heteroatoms. The second-order valence-corrected chi connectivity index (χ2v) is 13.4. The smallest absolute Gasteiger partial charge is 0.252 e. The van der Waals surface area contributed by atoms with Crippen LogP contribution in [0.5, 0.6) is 0 Å². The van der Waals surface area contributed by atoms with E-state index in [1.165, 1.54) is 0 Å². The monoisotopic (exact) mass is 593 g/mol. The van der Waals surface area contributed by atoms with Crippen LogP contribution in [0, 0.1) is 11.3 Å². The summed E-state index contributed by atoms with van der Waals surface area (Å²) in [4.78, 5) is 47.9. The average Bonchev–Trinajstić information content (AvgIpc) is 3.60. The van der Waals surface area contributed by atoms with Gasteiger partial charge in [0, 0.05) is 42.9 Å². The van der Waals surface area contributed by atoms with E-state index >= 15 is 0 Å². The lowest BCUT2D eigenvalue weighted by Gasteiger charge is -2.28. The van der Waals surface area contributed by atoms with E-state index in [9.17, 15) is 14.4 Å². The van der Waals surface area contributed by atoms with E-state index in [-0.39, 0.29) is 16.9 Å². The molecule has 1 aliphatic rings. The molecule has 1 fully saturated rings. The van der Waals surface area contributed by atoms with E-state index in [4.69, 9.17) is 11.6 Å². The summed E-state index contributed by atoms with van der Waals surface area (Å²) in [6.45, 7) is 11.8. The summed E-state index contributed by atoms with van der Waals surface area (Å²) in [6, 6.07) is 7.89. The highest BCUT2D eigenvalue weighted by Crippen LogP contribution is 2.32. The number of amides is 1. The van der Waals surface area contributed by atoms with Gasteiger partial charge in [0.1, 0.15) is 6.29 Å². The number of aldehydes is 1. The number of rotatable bonds is 9. The topological polar surface area (TPSA) is 105 Å². The first-order valence-corrected chi connectivity index (χ1v) is 15.2. The Morgan fingerprint density at radius 1 is 1.10 bits per heavy atom. The second-order valence-electron chi connectivity index (χ2n) is 13.0. The van der Waals surface area contributed by atoms with Gasteiger partial charge in [0.15, 0.2) is 0 Å². The fraction of sp³-hybridized carbons (Fsp3) is 0.485. The van der Waals surface area contributed by atoms with Crippen LogP contribution in [0.15, 0.2) is 41.5 Å². The quantitative estimate of drug-likeness (QED) is 0.199. The van der Waals surface area contributed by atoms with Gasteiger partial charge in [-0.2, -0.15) is 0 Å². The van der Waals surface area contributed by atoms with E-state index in [1.807, 2.05) is 41.6 Å². The molecular weight excluding hydrogens is 550 g/mol. The summed E-state index contributed by atoms with van der Waals surface area (Å²) in [6.07, 6.45) is 9.03. The Morgan fingerprint density at radius 2 is 1.81 bits per heavy atom. The number of nitrogens with one attached hydrogen (secondary N) is 3. The third-order valence-electron chi connectivity index (χ3n) is 8.00. The molecular formula is C33H44ClN5O3. The highest BCUT2D eigenvalue weighted by molar-refractivity contribution is 6.35. The van der Waals surface area contributed by atoms with E-state index in [1.54, 1.807) is 0 Å². The summed E-state index contributed by atoms with van der Waals surface area (Å²) in [5, 5.41) is 1.71. The number of carbonyl (C=O) groups excluding carboxylic acids is 2. The number of carbonyl (C=O) groups is 2. The van der Waals surface area contributed by atoms with Gasteiger partial charge in [-0.15, -0.1) is 0 Å². The predicted octanol–water partition coefficient (Wildman–Crippen LogP) is 6.26. The van der Waals surface area contributed by atoms with E-state index in [0.29, 0.717) is 30.5 Å². The van der Waals surface area contributed by atoms with Gasteiger partial charge >= 0.3 is 0 Å². The van der Waals surface area contributed by atoms with Gasteiger partial charge in [-0.05, 0) is 92.0 Å². The normalized spacial score (nSPS) is 15.4. The molecule has 5 rings (SSSR count). The maximum Gasteiger partial charge on any atom is 0.252 e. The fourth-order valence-electron chi connectivity index (χ4n) is 5.89. The van der Waals surface area contributed by atoms with E-state index < -0.39 is 0 Å². The van der Waals surface area contributed by atoms with Gasteiger partial charge in [0.25, 0.3) is 5.56 Å². The summed E-state index contributed by atoms with van der Waals surface area (Å²) >= 11 is 6.43. The Labute approximate surface area is 252 Å². The Morgan fingerprint density at radius 3 is 2.48 bits per heavy atom. The van der Waals surface area contributed by atoms with Crippen molar-refractivity contribution in [2.45, 2.75) is 65.8 Å². The number of halogens is 1. The zero-order valence-corrected chi connectivity index (χ0v) is 26.2. The van der Waals surface area contributed by atoms with Crippen LogP contribution in [-0.4, -0.2) is 64.1 Å². The van der Waals surface area contributed by atoms with Crippen molar-refractivity contribution in [2.24, 2.45) is 11.3 Å². The third-order valence-corrected chi connectivity index (χ3v) is 8.30. The van der Waals surface area contributed by atoms with Crippen LogP contribution in [-0.2, 0) is 22.6 Å². The molecule has 1 atom stereocenters. The molecule has 1 aromatic carbocycles. The number of benzene rings is 1. The van der Waals surface area contributed by atoms with Crippen molar-refractivity contribution in [1.82, 2.24) is 24.8 Å². The van der Waals surface area contributed by atoms with Crippen molar-refractivity contribution >= 4 is 46.2 Å². The molecule has 4 aromatic rings. The summed E-state index contributed by atoms with van der Waals surface area (Å²) in [5.41, 5.74) is 6.06. The van der Waals surface area contributed by atoms with Crippen molar-refractivity contribution in [3.05, 3.63) is 68.7 Å². The van der Waals surface area contributed by atoms with Crippen molar-refractivity contribution in [3.8, 4) is 0 Å². The third kappa shape index (κ3) is 7.92. The minimum atomic E-state index is 0.0234. The zero-order valence-electron chi connectivity index (χ0n) is 25.4. The summed E-state index contributed by atoms with van der Waals surface area (Å²) in [7, 11) is 2.13.